The molecule has 0 aromatic heterocycles. The highest BCUT2D eigenvalue weighted by atomic mass is 35.5. The molecule has 2 rings (SSSR count). The maximum atomic E-state index is 11.4. The molecule has 0 saturated heterocycles. The van der Waals surface area contributed by atoms with Gasteiger partial charge in [0, 0.05) is 23.2 Å². The van der Waals surface area contributed by atoms with E-state index in [4.69, 9.17) is 21.1 Å². The second-order valence-electron chi connectivity index (χ2n) is 6.31. The standard InChI is InChI=1S/C20H24ClNO4/c1-13(2)18(20(23)24)22-11-15-9-16(21)10-17(25-3)19(15)26-12-14-7-5-4-6-8-14/h4-10,13,18,22H,11-12H2,1-3H3,(H,23,24). The molecular weight excluding hydrogens is 354 g/mol. The molecule has 0 aliphatic carbocycles. The average Bonchev–Trinajstić information content (AvgIpc) is 2.60. The largest absolute Gasteiger partial charge is 0.493 e. The summed E-state index contributed by atoms with van der Waals surface area (Å²) in [5, 5.41) is 12.9. The molecule has 1 unspecified atom stereocenters. The first-order valence-electron chi connectivity index (χ1n) is 8.41. The highest BCUT2D eigenvalue weighted by Crippen LogP contribution is 2.35. The van der Waals surface area contributed by atoms with E-state index in [-0.39, 0.29) is 5.92 Å². The van der Waals surface area contributed by atoms with Crippen LogP contribution in [0.25, 0.3) is 0 Å². The van der Waals surface area contributed by atoms with E-state index in [1.165, 1.54) is 0 Å². The number of carboxylic acids is 1. The Morgan fingerprint density at radius 2 is 1.92 bits per heavy atom. The van der Waals surface area contributed by atoms with Gasteiger partial charge in [-0.25, -0.2) is 0 Å². The van der Waals surface area contributed by atoms with Gasteiger partial charge in [0.25, 0.3) is 0 Å². The smallest absolute Gasteiger partial charge is 0.320 e. The average molecular weight is 378 g/mol. The summed E-state index contributed by atoms with van der Waals surface area (Å²) in [6.07, 6.45) is 0. The van der Waals surface area contributed by atoms with Gasteiger partial charge in [0.15, 0.2) is 11.5 Å². The number of carbonyl (C=O) groups is 1. The van der Waals surface area contributed by atoms with Gasteiger partial charge in [-0.1, -0.05) is 55.8 Å². The van der Waals surface area contributed by atoms with Crippen molar-refractivity contribution in [2.24, 2.45) is 5.92 Å². The maximum Gasteiger partial charge on any atom is 0.320 e. The van der Waals surface area contributed by atoms with E-state index in [1.54, 1.807) is 19.2 Å². The number of ether oxygens (including phenoxy) is 2. The molecule has 6 heteroatoms. The van der Waals surface area contributed by atoms with E-state index in [0.717, 1.165) is 11.1 Å². The topological polar surface area (TPSA) is 67.8 Å². The van der Waals surface area contributed by atoms with Gasteiger partial charge >= 0.3 is 5.97 Å². The fraction of sp³-hybridized carbons (Fsp3) is 0.350. The molecule has 140 valence electrons. The number of halogens is 1. The molecule has 0 heterocycles. The molecule has 1 atom stereocenters. The quantitative estimate of drug-likeness (QED) is 0.687. The van der Waals surface area contributed by atoms with E-state index in [2.05, 4.69) is 5.32 Å². The number of methoxy groups -OCH3 is 1. The minimum atomic E-state index is -0.888. The van der Waals surface area contributed by atoms with E-state index in [1.807, 2.05) is 44.2 Å². The zero-order valence-corrected chi connectivity index (χ0v) is 15.9. The molecule has 0 fully saturated rings. The van der Waals surface area contributed by atoms with Crippen LogP contribution >= 0.6 is 11.6 Å². The first-order chi connectivity index (χ1) is 12.4. The number of aliphatic carboxylic acids is 1. The third-order valence-corrected chi connectivity index (χ3v) is 4.21. The third-order valence-electron chi connectivity index (χ3n) is 3.99. The fourth-order valence-electron chi connectivity index (χ4n) is 2.63. The second-order valence-corrected chi connectivity index (χ2v) is 6.75. The highest BCUT2D eigenvalue weighted by molar-refractivity contribution is 6.30. The molecule has 0 aliphatic rings. The van der Waals surface area contributed by atoms with Crippen LogP contribution in [0.1, 0.15) is 25.0 Å². The van der Waals surface area contributed by atoms with Crippen molar-refractivity contribution >= 4 is 17.6 Å². The number of carboxylic acid groups (broad SMARTS) is 1. The van der Waals surface area contributed by atoms with Crippen LogP contribution < -0.4 is 14.8 Å². The minimum absolute atomic E-state index is 0.0535. The fourth-order valence-corrected chi connectivity index (χ4v) is 2.86. The molecule has 2 aromatic carbocycles. The van der Waals surface area contributed by atoms with Gasteiger partial charge in [0.1, 0.15) is 12.6 Å². The van der Waals surface area contributed by atoms with Gasteiger partial charge in [-0.05, 0) is 17.5 Å². The van der Waals surface area contributed by atoms with E-state index >= 15 is 0 Å². The van der Waals surface area contributed by atoms with Crippen molar-refractivity contribution in [2.75, 3.05) is 7.11 Å². The molecule has 26 heavy (non-hydrogen) atoms. The van der Waals surface area contributed by atoms with Gasteiger partial charge in [-0.2, -0.15) is 0 Å². The normalized spacial score (nSPS) is 12.0. The number of hydrogen-bond acceptors (Lipinski definition) is 4. The molecule has 2 N–H and O–H groups in total. The predicted octanol–water partition coefficient (Wildman–Crippen LogP) is 4.13. The first-order valence-corrected chi connectivity index (χ1v) is 8.79. The van der Waals surface area contributed by atoms with E-state index in [0.29, 0.717) is 29.7 Å². The van der Waals surface area contributed by atoms with Crippen LogP contribution in [0, 0.1) is 5.92 Å². The Morgan fingerprint density at radius 1 is 1.23 bits per heavy atom. The summed E-state index contributed by atoms with van der Waals surface area (Å²) in [7, 11) is 1.55. The lowest BCUT2D eigenvalue weighted by Gasteiger charge is -2.20. The molecule has 0 saturated carbocycles. The number of hydrogen-bond donors (Lipinski definition) is 2. The van der Waals surface area contributed by atoms with Crippen LogP contribution in [0.4, 0.5) is 0 Å². The Bertz CT molecular complexity index is 734. The van der Waals surface area contributed by atoms with Crippen LogP contribution in [0.3, 0.4) is 0 Å². The molecule has 0 radical (unpaired) electrons. The van der Waals surface area contributed by atoms with Crippen LogP contribution in [0.2, 0.25) is 5.02 Å². The summed E-state index contributed by atoms with van der Waals surface area (Å²) in [6, 6.07) is 12.6. The van der Waals surface area contributed by atoms with Gasteiger partial charge < -0.3 is 14.6 Å². The Kier molecular flexibility index (Phi) is 7.30. The number of benzene rings is 2. The molecule has 2 aromatic rings. The van der Waals surface area contributed by atoms with E-state index in [9.17, 15) is 9.90 Å². The van der Waals surface area contributed by atoms with Gasteiger partial charge in [0.05, 0.1) is 7.11 Å². The molecule has 0 aliphatic heterocycles. The summed E-state index contributed by atoms with van der Waals surface area (Å²) in [5.74, 6) is 0.130. The summed E-state index contributed by atoms with van der Waals surface area (Å²) < 4.78 is 11.4. The zero-order valence-electron chi connectivity index (χ0n) is 15.2. The van der Waals surface area contributed by atoms with Crippen molar-refractivity contribution in [3.8, 4) is 11.5 Å². The Balaban J connectivity index is 2.23. The van der Waals surface area contributed by atoms with Crippen molar-refractivity contribution in [1.82, 2.24) is 5.32 Å². The second kappa shape index (κ2) is 9.46. The lowest BCUT2D eigenvalue weighted by molar-refractivity contribution is -0.140. The monoisotopic (exact) mass is 377 g/mol. The van der Waals surface area contributed by atoms with Gasteiger partial charge in [0.2, 0.25) is 0 Å². The lowest BCUT2D eigenvalue weighted by Crippen LogP contribution is -2.40. The molecule has 0 amide bonds. The van der Waals surface area contributed by atoms with Crippen molar-refractivity contribution in [1.29, 1.82) is 0 Å². The Hall–Kier alpha value is -2.24. The number of nitrogens with one attached hydrogen (secondary N) is 1. The lowest BCUT2D eigenvalue weighted by atomic mass is 10.0. The number of rotatable bonds is 9. The Labute approximate surface area is 158 Å². The molecule has 5 nitrogen and oxygen atoms in total. The van der Waals surface area contributed by atoms with Crippen LogP contribution in [0.15, 0.2) is 42.5 Å². The van der Waals surface area contributed by atoms with Crippen LogP contribution in [-0.2, 0) is 17.9 Å². The van der Waals surface area contributed by atoms with Crippen molar-refractivity contribution < 1.29 is 19.4 Å². The van der Waals surface area contributed by atoms with E-state index < -0.39 is 12.0 Å². The summed E-state index contributed by atoms with van der Waals surface area (Å²) in [5.41, 5.74) is 1.77. The van der Waals surface area contributed by atoms with Gasteiger partial charge in [-0.3, -0.25) is 10.1 Å². The van der Waals surface area contributed by atoms with Crippen molar-refractivity contribution in [3.63, 3.8) is 0 Å². The van der Waals surface area contributed by atoms with Crippen LogP contribution in [0.5, 0.6) is 11.5 Å². The first kappa shape index (κ1) is 20.1. The molecule has 0 spiro atoms. The molecular formula is C20H24ClNO4. The summed E-state index contributed by atoms with van der Waals surface area (Å²) >= 11 is 6.18. The predicted molar refractivity (Wildman–Crippen MR) is 102 cm³/mol. The SMILES string of the molecule is COc1cc(Cl)cc(CNC(C(=O)O)C(C)C)c1OCc1ccccc1. The van der Waals surface area contributed by atoms with Crippen molar-refractivity contribution in [2.45, 2.75) is 33.0 Å². The van der Waals surface area contributed by atoms with Gasteiger partial charge in [-0.15, -0.1) is 0 Å². The van der Waals surface area contributed by atoms with Crippen LogP contribution in [-0.4, -0.2) is 24.2 Å². The molecule has 0 bridgehead atoms. The summed E-state index contributed by atoms with van der Waals surface area (Å²) in [4.78, 5) is 11.4. The Morgan fingerprint density at radius 3 is 2.50 bits per heavy atom. The highest BCUT2D eigenvalue weighted by Gasteiger charge is 2.22. The zero-order chi connectivity index (χ0) is 19.1. The van der Waals surface area contributed by atoms with Crippen molar-refractivity contribution in [3.05, 3.63) is 58.6 Å². The maximum absolute atomic E-state index is 11.4. The minimum Gasteiger partial charge on any atom is -0.493 e. The third kappa shape index (κ3) is 5.38. The summed E-state index contributed by atoms with van der Waals surface area (Å²) in [6.45, 7) is 4.39.